The van der Waals surface area contributed by atoms with Crippen molar-refractivity contribution in [2.75, 3.05) is 11.8 Å². The maximum atomic E-state index is 12.5. The summed E-state index contributed by atoms with van der Waals surface area (Å²) in [5.74, 6) is 0.191. The van der Waals surface area contributed by atoms with Crippen LogP contribution in [0.5, 0.6) is 5.88 Å². The molecule has 1 N–H and O–H groups in total. The minimum absolute atomic E-state index is 0.163. The predicted octanol–water partition coefficient (Wildman–Crippen LogP) is 3.15. The number of anilines is 1. The SMILES string of the molecule is COc1ncc(-c2ccoc2)cc1NS(=O)(=O)c1ccccc1. The number of nitrogens with one attached hydrogen (secondary N) is 1. The van der Waals surface area contributed by atoms with E-state index in [1.807, 2.05) is 0 Å². The Morgan fingerprint density at radius 3 is 2.57 bits per heavy atom. The number of aromatic nitrogens is 1. The largest absolute Gasteiger partial charge is 0.480 e. The van der Waals surface area contributed by atoms with Gasteiger partial charge in [0.1, 0.15) is 5.69 Å². The molecule has 0 fully saturated rings. The average molecular weight is 330 g/mol. The van der Waals surface area contributed by atoms with Gasteiger partial charge in [-0.25, -0.2) is 13.4 Å². The topological polar surface area (TPSA) is 81.4 Å². The van der Waals surface area contributed by atoms with E-state index in [0.29, 0.717) is 5.56 Å². The smallest absolute Gasteiger partial charge is 0.262 e. The van der Waals surface area contributed by atoms with Gasteiger partial charge in [-0.3, -0.25) is 4.72 Å². The van der Waals surface area contributed by atoms with Gasteiger partial charge in [-0.05, 0) is 24.3 Å². The lowest BCUT2D eigenvalue weighted by molar-refractivity contribution is 0.400. The maximum Gasteiger partial charge on any atom is 0.262 e. The van der Waals surface area contributed by atoms with Crippen molar-refractivity contribution >= 4 is 15.7 Å². The summed E-state index contributed by atoms with van der Waals surface area (Å²) in [6, 6.07) is 11.5. The van der Waals surface area contributed by atoms with Gasteiger partial charge in [-0.2, -0.15) is 0 Å². The number of benzene rings is 1. The summed E-state index contributed by atoms with van der Waals surface area (Å²) in [5.41, 5.74) is 1.76. The van der Waals surface area contributed by atoms with Gasteiger partial charge in [0.2, 0.25) is 5.88 Å². The second-order valence-electron chi connectivity index (χ2n) is 4.71. The number of pyridine rings is 1. The maximum absolute atomic E-state index is 12.5. The van der Waals surface area contributed by atoms with E-state index < -0.39 is 10.0 Å². The standard InChI is InChI=1S/C16H14N2O4S/c1-21-16-15(9-13(10-17-16)12-7-8-22-11-12)18-23(19,20)14-5-3-2-4-6-14/h2-11,18H,1H3. The van der Waals surface area contributed by atoms with Crippen molar-refractivity contribution in [3.63, 3.8) is 0 Å². The van der Waals surface area contributed by atoms with Crippen LogP contribution < -0.4 is 9.46 Å². The molecule has 1 aromatic carbocycles. The van der Waals surface area contributed by atoms with E-state index in [1.165, 1.54) is 25.5 Å². The van der Waals surface area contributed by atoms with Crippen molar-refractivity contribution in [2.45, 2.75) is 4.90 Å². The lowest BCUT2D eigenvalue weighted by Gasteiger charge is -2.12. The molecule has 0 aliphatic heterocycles. The normalized spacial score (nSPS) is 11.2. The number of rotatable bonds is 5. The zero-order valence-electron chi connectivity index (χ0n) is 12.3. The quantitative estimate of drug-likeness (QED) is 0.777. The molecule has 0 saturated carbocycles. The summed E-state index contributed by atoms with van der Waals surface area (Å²) in [6.07, 6.45) is 4.68. The van der Waals surface area contributed by atoms with Crippen LogP contribution in [0.25, 0.3) is 11.1 Å². The Labute approximate surface area is 133 Å². The van der Waals surface area contributed by atoms with Gasteiger partial charge >= 0.3 is 0 Å². The molecule has 2 aromatic heterocycles. The highest BCUT2D eigenvalue weighted by molar-refractivity contribution is 7.92. The van der Waals surface area contributed by atoms with Gasteiger partial charge in [0.25, 0.3) is 10.0 Å². The molecule has 0 bridgehead atoms. The summed E-state index contributed by atoms with van der Waals surface area (Å²) >= 11 is 0. The predicted molar refractivity (Wildman–Crippen MR) is 85.7 cm³/mol. The second kappa shape index (κ2) is 6.13. The number of hydrogen-bond acceptors (Lipinski definition) is 5. The molecule has 0 atom stereocenters. The Balaban J connectivity index is 2.00. The minimum Gasteiger partial charge on any atom is -0.480 e. The molecule has 0 amide bonds. The number of hydrogen-bond donors (Lipinski definition) is 1. The number of nitrogens with zero attached hydrogens (tertiary/aromatic N) is 1. The van der Waals surface area contributed by atoms with Crippen LogP contribution in [0.2, 0.25) is 0 Å². The van der Waals surface area contributed by atoms with Crippen molar-refractivity contribution in [2.24, 2.45) is 0 Å². The summed E-state index contributed by atoms with van der Waals surface area (Å²) in [7, 11) is -2.29. The van der Waals surface area contributed by atoms with E-state index in [1.54, 1.807) is 42.8 Å². The number of ether oxygens (including phenoxy) is 1. The van der Waals surface area contributed by atoms with Crippen LogP contribution in [0.1, 0.15) is 0 Å². The van der Waals surface area contributed by atoms with E-state index in [9.17, 15) is 8.42 Å². The van der Waals surface area contributed by atoms with Crippen LogP contribution in [0.4, 0.5) is 5.69 Å². The third kappa shape index (κ3) is 3.19. The van der Waals surface area contributed by atoms with Crippen LogP contribution in [0, 0.1) is 0 Å². The minimum atomic E-state index is -3.72. The zero-order valence-corrected chi connectivity index (χ0v) is 13.1. The Kier molecular flexibility index (Phi) is 4.03. The van der Waals surface area contributed by atoms with Crippen molar-refractivity contribution in [3.8, 4) is 17.0 Å². The first kappa shape index (κ1) is 15.1. The van der Waals surface area contributed by atoms with Gasteiger partial charge in [0.15, 0.2) is 0 Å². The Bertz CT molecular complexity index is 891. The highest BCUT2D eigenvalue weighted by atomic mass is 32.2. The van der Waals surface area contributed by atoms with E-state index >= 15 is 0 Å². The van der Waals surface area contributed by atoms with Crippen molar-refractivity contribution in [1.82, 2.24) is 4.98 Å². The fourth-order valence-corrected chi connectivity index (χ4v) is 3.15. The Morgan fingerprint density at radius 2 is 1.91 bits per heavy atom. The number of methoxy groups -OCH3 is 1. The first-order valence-electron chi connectivity index (χ1n) is 6.74. The second-order valence-corrected chi connectivity index (χ2v) is 6.39. The molecule has 7 heteroatoms. The zero-order chi connectivity index (χ0) is 16.3. The lowest BCUT2D eigenvalue weighted by Crippen LogP contribution is -2.14. The van der Waals surface area contributed by atoms with Crippen molar-refractivity contribution in [3.05, 3.63) is 61.2 Å². The first-order chi connectivity index (χ1) is 11.1. The van der Waals surface area contributed by atoms with Gasteiger partial charge in [0, 0.05) is 17.3 Å². The van der Waals surface area contributed by atoms with E-state index in [4.69, 9.17) is 9.15 Å². The molecule has 6 nitrogen and oxygen atoms in total. The molecular weight excluding hydrogens is 316 g/mol. The highest BCUT2D eigenvalue weighted by Crippen LogP contribution is 2.30. The average Bonchev–Trinajstić information content (AvgIpc) is 3.10. The highest BCUT2D eigenvalue weighted by Gasteiger charge is 2.17. The monoisotopic (exact) mass is 330 g/mol. The van der Waals surface area contributed by atoms with Gasteiger partial charge in [0.05, 0.1) is 24.5 Å². The molecule has 23 heavy (non-hydrogen) atoms. The Hall–Kier alpha value is -2.80. The molecule has 0 radical (unpaired) electrons. The van der Waals surface area contributed by atoms with Crippen LogP contribution in [0.15, 0.2) is 70.5 Å². The van der Waals surface area contributed by atoms with Gasteiger partial charge < -0.3 is 9.15 Å². The van der Waals surface area contributed by atoms with Gasteiger partial charge in [-0.15, -0.1) is 0 Å². The summed E-state index contributed by atoms with van der Waals surface area (Å²) in [4.78, 5) is 4.30. The molecule has 2 heterocycles. The van der Waals surface area contributed by atoms with Crippen molar-refractivity contribution in [1.29, 1.82) is 0 Å². The lowest BCUT2D eigenvalue weighted by atomic mass is 10.1. The van der Waals surface area contributed by atoms with Crippen LogP contribution in [-0.4, -0.2) is 20.5 Å². The summed E-state index contributed by atoms with van der Waals surface area (Å²) in [6.45, 7) is 0. The summed E-state index contributed by atoms with van der Waals surface area (Å²) < 4.78 is 37.6. The van der Waals surface area contributed by atoms with E-state index in [2.05, 4.69) is 9.71 Å². The molecular formula is C16H14N2O4S. The van der Waals surface area contributed by atoms with Crippen molar-refractivity contribution < 1.29 is 17.6 Å². The molecule has 118 valence electrons. The third-order valence-electron chi connectivity index (χ3n) is 3.20. The van der Waals surface area contributed by atoms with E-state index in [0.717, 1.165) is 5.56 Å². The van der Waals surface area contributed by atoms with Gasteiger partial charge in [-0.1, -0.05) is 18.2 Å². The molecule has 0 aliphatic carbocycles. The molecule has 3 aromatic rings. The molecule has 0 unspecified atom stereocenters. The molecule has 0 aliphatic rings. The third-order valence-corrected chi connectivity index (χ3v) is 4.58. The molecule has 3 rings (SSSR count). The van der Waals surface area contributed by atoms with Crippen LogP contribution in [0.3, 0.4) is 0 Å². The fourth-order valence-electron chi connectivity index (χ4n) is 2.08. The van der Waals surface area contributed by atoms with Crippen LogP contribution >= 0.6 is 0 Å². The van der Waals surface area contributed by atoms with E-state index in [-0.39, 0.29) is 16.5 Å². The first-order valence-corrected chi connectivity index (χ1v) is 8.23. The number of furan rings is 1. The summed E-state index contributed by atoms with van der Waals surface area (Å²) in [5, 5.41) is 0. The van der Waals surface area contributed by atoms with Crippen LogP contribution in [-0.2, 0) is 10.0 Å². The number of sulfonamides is 1. The fraction of sp³-hybridized carbons (Fsp3) is 0.0625. The molecule has 0 saturated heterocycles. The molecule has 0 spiro atoms. The Morgan fingerprint density at radius 1 is 1.13 bits per heavy atom.